The Labute approximate surface area is 129 Å². The maximum atomic E-state index is 12.2. The summed E-state index contributed by atoms with van der Waals surface area (Å²) < 4.78 is 0. The second-order valence-electron chi connectivity index (χ2n) is 5.12. The lowest BCUT2D eigenvalue weighted by molar-refractivity contribution is -0.127. The van der Waals surface area contributed by atoms with E-state index in [0.29, 0.717) is 18.7 Å². The van der Waals surface area contributed by atoms with Gasteiger partial charge in [0.25, 0.3) is 5.91 Å². The molecule has 1 aromatic carbocycles. The highest BCUT2D eigenvalue weighted by molar-refractivity contribution is 5.95. The number of nitrogens with zero attached hydrogens (tertiary/aromatic N) is 1. The standard InChI is InChI=1S/C16H21N3O3/c1-2-8-19-9-6-14(16(19)22)18-13-5-3-4-12(11-13)15(21)17-7-10-20/h2-5,11,14,18,20H,1,6-10H2,(H,17,21). The van der Waals surface area contributed by atoms with Crippen LogP contribution in [-0.4, -0.2) is 54.1 Å². The first-order valence-electron chi connectivity index (χ1n) is 7.31. The van der Waals surface area contributed by atoms with Crippen LogP contribution in [0.25, 0.3) is 0 Å². The third-order valence-corrected chi connectivity index (χ3v) is 3.51. The summed E-state index contributed by atoms with van der Waals surface area (Å²) in [5, 5.41) is 14.5. The number of hydrogen-bond acceptors (Lipinski definition) is 4. The fourth-order valence-corrected chi connectivity index (χ4v) is 2.43. The van der Waals surface area contributed by atoms with Gasteiger partial charge in [0.15, 0.2) is 0 Å². The molecule has 6 nitrogen and oxygen atoms in total. The van der Waals surface area contributed by atoms with Crippen molar-refractivity contribution in [2.75, 3.05) is 31.6 Å². The first-order chi connectivity index (χ1) is 10.7. The van der Waals surface area contributed by atoms with E-state index in [1.54, 1.807) is 29.2 Å². The number of hydrogen-bond donors (Lipinski definition) is 3. The van der Waals surface area contributed by atoms with E-state index >= 15 is 0 Å². The second-order valence-corrected chi connectivity index (χ2v) is 5.12. The molecule has 1 saturated heterocycles. The van der Waals surface area contributed by atoms with Gasteiger partial charge in [-0.1, -0.05) is 12.1 Å². The highest BCUT2D eigenvalue weighted by Gasteiger charge is 2.30. The van der Waals surface area contributed by atoms with Crippen molar-refractivity contribution in [3.63, 3.8) is 0 Å². The SMILES string of the molecule is C=CCN1CCC(Nc2cccc(C(=O)NCCO)c2)C1=O. The number of rotatable bonds is 7. The van der Waals surface area contributed by atoms with Gasteiger partial charge in [-0.05, 0) is 24.6 Å². The van der Waals surface area contributed by atoms with Crippen molar-refractivity contribution >= 4 is 17.5 Å². The summed E-state index contributed by atoms with van der Waals surface area (Å²) in [7, 11) is 0. The number of carbonyl (C=O) groups is 2. The summed E-state index contributed by atoms with van der Waals surface area (Å²) in [6.45, 7) is 5.03. The summed E-state index contributed by atoms with van der Waals surface area (Å²) >= 11 is 0. The molecule has 0 aliphatic carbocycles. The van der Waals surface area contributed by atoms with Crippen molar-refractivity contribution in [3.05, 3.63) is 42.5 Å². The van der Waals surface area contributed by atoms with Gasteiger partial charge < -0.3 is 20.6 Å². The summed E-state index contributed by atoms with van der Waals surface area (Å²) in [5.74, 6) is -0.196. The highest BCUT2D eigenvalue weighted by Crippen LogP contribution is 2.18. The quantitative estimate of drug-likeness (QED) is 0.645. The Hall–Kier alpha value is -2.34. The van der Waals surface area contributed by atoms with E-state index in [4.69, 9.17) is 5.11 Å². The molecular formula is C16H21N3O3. The molecule has 118 valence electrons. The molecule has 1 heterocycles. The maximum Gasteiger partial charge on any atom is 0.251 e. The zero-order valence-electron chi connectivity index (χ0n) is 12.4. The molecule has 1 aliphatic heterocycles. The topological polar surface area (TPSA) is 81.7 Å². The second kappa shape index (κ2) is 7.61. The number of benzene rings is 1. The third-order valence-electron chi connectivity index (χ3n) is 3.51. The molecule has 6 heteroatoms. The van der Waals surface area contributed by atoms with E-state index in [0.717, 1.165) is 12.1 Å². The smallest absolute Gasteiger partial charge is 0.251 e. The van der Waals surface area contributed by atoms with Crippen molar-refractivity contribution in [2.24, 2.45) is 0 Å². The lowest BCUT2D eigenvalue weighted by atomic mass is 10.1. The Morgan fingerprint density at radius 1 is 1.50 bits per heavy atom. The van der Waals surface area contributed by atoms with Gasteiger partial charge in [-0.2, -0.15) is 0 Å². The van der Waals surface area contributed by atoms with E-state index in [1.807, 2.05) is 6.07 Å². The molecule has 1 fully saturated rings. The average molecular weight is 303 g/mol. The first kappa shape index (κ1) is 16.0. The largest absolute Gasteiger partial charge is 0.395 e. The monoisotopic (exact) mass is 303 g/mol. The predicted molar refractivity (Wildman–Crippen MR) is 84.7 cm³/mol. The Morgan fingerprint density at radius 3 is 3.05 bits per heavy atom. The van der Waals surface area contributed by atoms with Gasteiger partial charge in [-0.3, -0.25) is 9.59 Å². The minimum atomic E-state index is -0.268. The Bertz CT molecular complexity index is 559. The number of likely N-dealkylation sites (tertiary alicyclic amines) is 1. The summed E-state index contributed by atoms with van der Waals surface area (Å²) in [6.07, 6.45) is 2.44. The molecule has 22 heavy (non-hydrogen) atoms. The molecule has 1 unspecified atom stereocenters. The number of carbonyl (C=O) groups excluding carboxylic acids is 2. The van der Waals surface area contributed by atoms with Gasteiger partial charge in [0, 0.05) is 30.9 Å². The van der Waals surface area contributed by atoms with Crippen molar-refractivity contribution in [3.8, 4) is 0 Å². The van der Waals surface area contributed by atoms with Crippen LogP contribution in [0.5, 0.6) is 0 Å². The molecule has 0 saturated carbocycles. The van der Waals surface area contributed by atoms with Crippen LogP contribution in [0.3, 0.4) is 0 Å². The Kier molecular flexibility index (Phi) is 5.55. The molecule has 1 aliphatic rings. The van der Waals surface area contributed by atoms with Gasteiger partial charge in [0.1, 0.15) is 6.04 Å². The molecule has 3 N–H and O–H groups in total. The number of aliphatic hydroxyl groups is 1. The van der Waals surface area contributed by atoms with Crippen LogP contribution in [0.4, 0.5) is 5.69 Å². The van der Waals surface area contributed by atoms with Crippen LogP contribution in [0.2, 0.25) is 0 Å². The van der Waals surface area contributed by atoms with E-state index in [2.05, 4.69) is 17.2 Å². The summed E-state index contributed by atoms with van der Waals surface area (Å²) in [6, 6.07) is 6.72. The lowest BCUT2D eigenvalue weighted by Crippen LogP contribution is -2.33. The van der Waals surface area contributed by atoms with Crippen LogP contribution in [0.1, 0.15) is 16.8 Å². The van der Waals surface area contributed by atoms with Crippen LogP contribution in [0, 0.1) is 0 Å². The zero-order chi connectivity index (χ0) is 15.9. The van der Waals surface area contributed by atoms with E-state index in [1.165, 1.54) is 0 Å². The predicted octanol–water partition coefficient (Wildman–Crippen LogP) is 0.607. The average Bonchev–Trinajstić information content (AvgIpc) is 2.86. The zero-order valence-corrected chi connectivity index (χ0v) is 12.4. The van der Waals surface area contributed by atoms with Crippen molar-refractivity contribution in [1.29, 1.82) is 0 Å². The molecule has 0 radical (unpaired) electrons. The molecular weight excluding hydrogens is 282 g/mol. The molecule has 1 atom stereocenters. The van der Waals surface area contributed by atoms with Crippen LogP contribution in [0.15, 0.2) is 36.9 Å². The van der Waals surface area contributed by atoms with E-state index in [9.17, 15) is 9.59 Å². The minimum absolute atomic E-state index is 0.0510. The van der Waals surface area contributed by atoms with Crippen LogP contribution < -0.4 is 10.6 Å². The summed E-state index contributed by atoms with van der Waals surface area (Å²) in [5.41, 5.74) is 1.22. The van der Waals surface area contributed by atoms with Gasteiger partial charge in [0.2, 0.25) is 5.91 Å². The maximum absolute atomic E-state index is 12.2. The third kappa shape index (κ3) is 3.85. The Balaban J connectivity index is 2.00. The van der Waals surface area contributed by atoms with Crippen molar-refractivity contribution < 1.29 is 14.7 Å². The van der Waals surface area contributed by atoms with Gasteiger partial charge in [0.05, 0.1) is 6.61 Å². The van der Waals surface area contributed by atoms with Crippen LogP contribution >= 0.6 is 0 Å². The van der Waals surface area contributed by atoms with Gasteiger partial charge in [-0.15, -0.1) is 6.58 Å². The fraction of sp³-hybridized carbons (Fsp3) is 0.375. The number of nitrogens with one attached hydrogen (secondary N) is 2. The summed E-state index contributed by atoms with van der Waals surface area (Å²) in [4.78, 5) is 25.8. The molecule has 0 spiro atoms. The fourth-order valence-electron chi connectivity index (χ4n) is 2.43. The van der Waals surface area contributed by atoms with Crippen molar-refractivity contribution in [2.45, 2.75) is 12.5 Å². The molecule has 2 rings (SSSR count). The highest BCUT2D eigenvalue weighted by atomic mass is 16.3. The molecule has 2 amide bonds. The van der Waals surface area contributed by atoms with E-state index < -0.39 is 0 Å². The molecule has 0 bridgehead atoms. The number of aliphatic hydroxyl groups excluding tert-OH is 1. The number of amides is 2. The Morgan fingerprint density at radius 2 is 2.32 bits per heavy atom. The van der Waals surface area contributed by atoms with Gasteiger partial charge in [-0.25, -0.2) is 0 Å². The van der Waals surface area contributed by atoms with E-state index in [-0.39, 0.29) is 31.0 Å². The molecule has 1 aromatic rings. The number of anilines is 1. The first-order valence-corrected chi connectivity index (χ1v) is 7.31. The van der Waals surface area contributed by atoms with Crippen LogP contribution in [-0.2, 0) is 4.79 Å². The van der Waals surface area contributed by atoms with Crippen molar-refractivity contribution in [1.82, 2.24) is 10.2 Å². The van der Waals surface area contributed by atoms with Gasteiger partial charge >= 0.3 is 0 Å². The minimum Gasteiger partial charge on any atom is -0.395 e. The normalized spacial score (nSPS) is 17.4. The molecule has 0 aromatic heterocycles. The lowest BCUT2D eigenvalue weighted by Gasteiger charge is -2.16.